The standard InChI is InChI=1S/C14H17N3O/c1-14(2,15)8-13(18)17-11-7-10-5-3-4-6-12(10)16-9-11/h3-7,9H,8,15H2,1-2H3,(H,17,18). The highest BCUT2D eigenvalue weighted by atomic mass is 16.1. The number of fused-ring (bicyclic) bond motifs is 1. The molecule has 0 fully saturated rings. The summed E-state index contributed by atoms with van der Waals surface area (Å²) in [5.74, 6) is -0.0976. The lowest BCUT2D eigenvalue weighted by Crippen LogP contribution is -2.36. The van der Waals surface area contributed by atoms with E-state index in [1.54, 1.807) is 6.20 Å². The second kappa shape index (κ2) is 4.74. The molecule has 0 radical (unpaired) electrons. The van der Waals surface area contributed by atoms with Crippen molar-refractivity contribution in [2.45, 2.75) is 25.8 Å². The Kier molecular flexibility index (Phi) is 3.30. The highest BCUT2D eigenvalue weighted by Gasteiger charge is 2.16. The number of para-hydroxylation sites is 1. The van der Waals surface area contributed by atoms with E-state index in [-0.39, 0.29) is 12.3 Å². The molecule has 2 rings (SSSR count). The van der Waals surface area contributed by atoms with Crippen molar-refractivity contribution in [1.29, 1.82) is 0 Å². The summed E-state index contributed by atoms with van der Waals surface area (Å²) in [6.07, 6.45) is 1.93. The van der Waals surface area contributed by atoms with Crippen LogP contribution in [0.4, 0.5) is 5.69 Å². The largest absolute Gasteiger partial charge is 0.325 e. The van der Waals surface area contributed by atoms with Gasteiger partial charge < -0.3 is 11.1 Å². The summed E-state index contributed by atoms with van der Waals surface area (Å²) >= 11 is 0. The van der Waals surface area contributed by atoms with Crippen LogP contribution in [0.25, 0.3) is 10.9 Å². The molecule has 0 bridgehead atoms. The number of amides is 1. The Hall–Kier alpha value is -1.94. The maximum absolute atomic E-state index is 11.7. The molecule has 2 aromatic rings. The molecule has 0 saturated carbocycles. The van der Waals surface area contributed by atoms with Crippen molar-refractivity contribution < 1.29 is 4.79 Å². The van der Waals surface area contributed by atoms with Gasteiger partial charge in [-0.15, -0.1) is 0 Å². The molecule has 4 nitrogen and oxygen atoms in total. The molecule has 1 aromatic carbocycles. The SMILES string of the molecule is CC(C)(N)CC(=O)Nc1cnc2ccccc2c1. The molecule has 0 saturated heterocycles. The zero-order valence-electron chi connectivity index (χ0n) is 10.6. The summed E-state index contributed by atoms with van der Waals surface area (Å²) in [5, 5.41) is 3.81. The van der Waals surface area contributed by atoms with Crippen LogP contribution in [0.5, 0.6) is 0 Å². The molecule has 0 unspecified atom stereocenters. The predicted molar refractivity (Wildman–Crippen MR) is 73.3 cm³/mol. The normalized spacial score (nSPS) is 11.5. The molecule has 0 aliphatic heterocycles. The van der Waals surface area contributed by atoms with Gasteiger partial charge in [-0.25, -0.2) is 0 Å². The number of nitrogens with one attached hydrogen (secondary N) is 1. The quantitative estimate of drug-likeness (QED) is 0.869. The summed E-state index contributed by atoms with van der Waals surface area (Å²) in [6, 6.07) is 9.68. The number of benzene rings is 1. The zero-order chi connectivity index (χ0) is 13.2. The van der Waals surface area contributed by atoms with Crippen LogP contribution in [-0.2, 0) is 4.79 Å². The molecule has 0 aliphatic rings. The minimum absolute atomic E-state index is 0.0976. The third kappa shape index (κ3) is 3.28. The van der Waals surface area contributed by atoms with E-state index in [0.717, 1.165) is 10.9 Å². The van der Waals surface area contributed by atoms with Crippen LogP contribution in [0.2, 0.25) is 0 Å². The number of hydrogen-bond donors (Lipinski definition) is 2. The number of nitrogens with two attached hydrogens (primary N) is 1. The average molecular weight is 243 g/mol. The first-order valence-electron chi connectivity index (χ1n) is 5.88. The van der Waals surface area contributed by atoms with Crippen LogP contribution in [0.1, 0.15) is 20.3 Å². The topological polar surface area (TPSA) is 68.0 Å². The van der Waals surface area contributed by atoms with E-state index in [4.69, 9.17) is 5.73 Å². The number of anilines is 1. The van der Waals surface area contributed by atoms with Crippen molar-refractivity contribution >= 4 is 22.5 Å². The number of aromatic nitrogens is 1. The second-order valence-corrected chi connectivity index (χ2v) is 5.13. The fraction of sp³-hybridized carbons (Fsp3) is 0.286. The molecule has 1 amide bonds. The number of nitrogens with zero attached hydrogens (tertiary/aromatic N) is 1. The molecule has 1 heterocycles. The van der Waals surface area contributed by atoms with Crippen molar-refractivity contribution in [3.8, 4) is 0 Å². The van der Waals surface area contributed by atoms with E-state index in [9.17, 15) is 4.79 Å². The Balaban J connectivity index is 2.15. The van der Waals surface area contributed by atoms with Crippen LogP contribution in [-0.4, -0.2) is 16.4 Å². The number of carbonyl (C=O) groups excluding carboxylic acids is 1. The Labute approximate surface area is 106 Å². The van der Waals surface area contributed by atoms with Crippen molar-refractivity contribution in [2.24, 2.45) is 5.73 Å². The molecule has 1 aromatic heterocycles. The van der Waals surface area contributed by atoms with Crippen LogP contribution < -0.4 is 11.1 Å². The van der Waals surface area contributed by atoms with Crippen LogP contribution >= 0.6 is 0 Å². The van der Waals surface area contributed by atoms with Crippen molar-refractivity contribution in [3.05, 3.63) is 36.5 Å². The first kappa shape index (κ1) is 12.5. The van der Waals surface area contributed by atoms with Crippen molar-refractivity contribution in [1.82, 2.24) is 4.98 Å². The van der Waals surface area contributed by atoms with Gasteiger partial charge in [0.15, 0.2) is 0 Å². The van der Waals surface area contributed by atoms with Gasteiger partial charge in [0.25, 0.3) is 0 Å². The zero-order valence-corrected chi connectivity index (χ0v) is 10.6. The fourth-order valence-electron chi connectivity index (χ4n) is 1.76. The number of rotatable bonds is 3. The smallest absolute Gasteiger partial charge is 0.226 e. The maximum atomic E-state index is 11.7. The molecule has 0 aliphatic carbocycles. The number of carbonyl (C=O) groups is 1. The van der Waals surface area contributed by atoms with Gasteiger partial charge in [-0.05, 0) is 26.0 Å². The van der Waals surface area contributed by atoms with Gasteiger partial charge in [-0.3, -0.25) is 9.78 Å². The van der Waals surface area contributed by atoms with Gasteiger partial charge in [-0.1, -0.05) is 18.2 Å². The van der Waals surface area contributed by atoms with E-state index in [0.29, 0.717) is 5.69 Å². The van der Waals surface area contributed by atoms with E-state index in [1.807, 2.05) is 44.2 Å². The average Bonchev–Trinajstić information content (AvgIpc) is 2.26. The Morgan fingerprint density at radius 3 is 2.83 bits per heavy atom. The summed E-state index contributed by atoms with van der Waals surface area (Å²) in [4.78, 5) is 16.0. The van der Waals surface area contributed by atoms with Crippen LogP contribution in [0, 0.1) is 0 Å². The second-order valence-electron chi connectivity index (χ2n) is 5.13. The van der Waals surface area contributed by atoms with E-state index in [1.165, 1.54) is 0 Å². The minimum atomic E-state index is -0.506. The van der Waals surface area contributed by atoms with E-state index >= 15 is 0 Å². The fourth-order valence-corrected chi connectivity index (χ4v) is 1.76. The summed E-state index contributed by atoms with van der Waals surface area (Å²) in [7, 11) is 0. The molecule has 4 heteroatoms. The highest BCUT2D eigenvalue weighted by Crippen LogP contribution is 2.16. The number of pyridine rings is 1. The molecule has 0 atom stereocenters. The van der Waals surface area contributed by atoms with Crippen molar-refractivity contribution in [2.75, 3.05) is 5.32 Å². The van der Waals surface area contributed by atoms with Gasteiger partial charge in [0.05, 0.1) is 17.4 Å². The van der Waals surface area contributed by atoms with Gasteiger partial charge >= 0.3 is 0 Å². The molecule has 3 N–H and O–H groups in total. The van der Waals surface area contributed by atoms with Gasteiger partial charge in [-0.2, -0.15) is 0 Å². The Bertz CT molecular complexity index is 573. The third-order valence-corrected chi connectivity index (χ3v) is 2.49. The van der Waals surface area contributed by atoms with E-state index < -0.39 is 5.54 Å². The lowest BCUT2D eigenvalue weighted by Gasteiger charge is -2.17. The summed E-state index contributed by atoms with van der Waals surface area (Å²) in [6.45, 7) is 3.65. The van der Waals surface area contributed by atoms with Crippen molar-refractivity contribution in [3.63, 3.8) is 0 Å². The van der Waals surface area contributed by atoms with Gasteiger partial charge in [0.2, 0.25) is 5.91 Å². The maximum Gasteiger partial charge on any atom is 0.226 e. The summed E-state index contributed by atoms with van der Waals surface area (Å²) < 4.78 is 0. The van der Waals surface area contributed by atoms with Gasteiger partial charge in [0.1, 0.15) is 0 Å². The molecule has 18 heavy (non-hydrogen) atoms. The third-order valence-electron chi connectivity index (χ3n) is 2.49. The first-order valence-corrected chi connectivity index (χ1v) is 5.88. The number of hydrogen-bond acceptors (Lipinski definition) is 3. The molecule has 0 spiro atoms. The first-order chi connectivity index (χ1) is 8.44. The Morgan fingerprint density at radius 2 is 2.11 bits per heavy atom. The van der Waals surface area contributed by atoms with E-state index in [2.05, 4.69) is 10.3 Å². The Morgan fingerprint density at radius 1 is 1.39 bits per heavy atom. The highest BCUT2D eigenvalue weighted by molar-refractivity contribution is 5.93. The van der Waals surface area contributed by atoms with Crippen LogP contribution in [0.3, 0.4) is 0 Å². The molecule has 94 valence electrons. The molecular weight excluding hydrogens is 226 g/mol. The lowest BCUT2D eigenvalue weighted by atomic mass is 10.0. The van der Waals surface area contributed by atoms with Crippen LogP contribution in [0.15, 0.2) is 36.5 Å². The predicted octanol–water partition coefficient (Wildman–Crippen LogP) is 2.30. The molecular formula is C14H17N3O. The monoisotopic (exact) mass is 243 g/mol. The minimum Gasteiger partial charge on any atom is -0.325 e. The lowest BCUT2D eigenvalue weighted by molar-refractivity contribution is -0.117. The summed E-state index contributed by atoms with van der Waals surface area (Å²) in [5.41, 5.74) is 6.91. The van der Waals surface area contributed by atoms with Gasteiger partial charge in [0, 0.05) is 17.3 Å².